The Labute approximate surface area is 127 Å². The van der Waals surface area contributed by atoms with Crippen molar-refractivity contribution in [3.05, 3.63) is 66.2 Å². The van der Waals surface area contributed by atoms with Gasteiger partial charge in [-0.3, -0.25) is 9.78 Å². The van der Waals surface area contributed by atoms with E-state index in [9.17, 15) is 4.79 Å². The van der Waals surface area contributed by atoms with Crippen molar-refractivity contribution in [3.8, 4) is 11.1 Å². The Morgan fingerprint density at radius 3 is 2.59 bits per heavy atom. The number of hydrogen-bond acceptors (Lipinski definition) is 4. The minimum absolute atomic E-state index is 0.118. The zero-order valence-electron chi connectivity index (χ0n) is 12.0. The standard InChI is InChI=1S/C16H15N5O/c1-11(19-16(22)15-10-18-21-20-15)12-4-6-13(7-5-12)14-3-2-8-17-9-14/h2-11H,1H3,(H,19,22)(H,18,20,21). The second-order valence-corrected chi connectivity index (χ2v) is 4.91. The quantitative estimate of drug-likeness (QED) is 0.773. The lowest BCUT2D eigenvalue weighted by Gasteiger charge is -2.14. The van der Waals surface area contributed by atoms with Crippen LogP contribution in [0.2, 0.25) is 0 Å². The van der Waals surface area contributed by atoms with Crippen LogP contribution in [0.4, 0.5) is 0 Å². The van der Waals surface area contributed by atoms with E-state index in [1.807, 2.05) is 49.5 Å². The molecule has 3 rings (SSSR count). The van der Waals surface area contributed by atoms with Crippen LogP contribution in [0, 0.1) is 0 Å². The zero-order chi connectivity index (χ0) is 15.4. The van der Waals surface area contributed by atoms with Gasteiger partial charge in [-0.15, -0.1) is 0 Å². The molecule has 0 saturated carbocycles. The first-order valence-corrected chi connectivity index (χ1v) is 6.91. The Balaban J connectivity index is 1.71. The van der Waals surface area contributed by atoms with Crippen LogP contribution in [-0.2, 0) is 0 Å². The molecule has 6 heteroatoms. The maximum absolute atomic E-state index is 11.9. The Morgan fingerprint density at radius 1 is 1.14 bits per heavy atom. The number of nitrogens with one attached hydrogen (secondary N) is 2. The molecule has 0 aliphatic rings. The average molecular weight is 293 g/mol. The molecule has 3 aromatic rings. The summed E-state index contributed by atoms with van der Waals surface area (Å²) in [5, 5.41) is 12.7. The maximum Gasteiger partial charge on any atom is 0.273 e. The Hall–Kier alpha value is -3.02. The van der Waals surface area contributed by atoms with Crippen LogP contribution < -0.4 is 5.32 Å². The van der Waals surface area contributed by atoms with E-state index in [0.29, 0.717) is 0 Å². The average Bonchev–Trinajstić information content (AvgIpc) is 3.10. The molecule has 22 heavy (non-hydrogen) atoms. The van der Waals surface area contributed by atoms with Crippen molar-refractivity contribution in [2.24, 2.45) is 0 Å². The number of aromatic amines is 1. The van der Waals surface area contributed by atoms with Gasteiger partial charge in [0.15, 0.2) is 5.69 Å². The summed E-state index contributed by atoms with van der Waals surface area (Å²) in [5.74, 6) is -0.252. The van der Waals surface area contributed by atoms with Gasteiger partial charge in [0.2, 0.25) is 0 Å². The van der Waals surface area contributed by atoms with E-state index >= 15 is 0 Å². The van der Waals surface area contributed by atoms with Gasteiger partial charge >= 0.3 is 0 Å². The van der Waals surface area contributed by atoms with Crippen molar-refractivity contribution in [1.82, 2.24) is 25.7 Å². The summed E-state index contributed by atoms with van der Waals surface area (Å²) in [5.41, 5.74) is 3.45. The predicted molar refractivity (Wildman–Crippen MR) is 81.9 cm³/mol. The Kier molecular flexibility index (Phi) is 3.91. The fraction of sp³-hybridized carbons (Fsp3) is 0.125. The van der Waals surface area contributed by atoms with E-state index in [-0.39, 0.29) is 17.6 Å². The minimum Gasteiger partial charge on any atom is -0.344 e. The normalized spacial score (nSPS) is 11.9. The third kappa shape index (κ3) is 3.01. The second kappa shape index (κ2) is 6.17. The first-order chi connectivity index (χ1) is 10.7. The number of nitrogens with zero attached hydrogens (tertiary/aromatic N) is 3. The molecule has 1 atom stereocenters. The third-order valence-electron chi connectivity index (χ3n) is 3.40. The van der Waals surface area contributed by atoms with Gasteiger partial charge in [-0.25, -0.2) is 0 Å². The van der Waals surface area contributed by atoms with Crippen molar-refractivity contribution in [2.75, 3.05) is 0 Å². The van der Waals surface area contributed by atoms with Gasteiger partial charge in [-0.1, -0.05) is 30.3 Å². The van der Waals surface area contributed by atoms with E-state index in [2.05, 4.69) is 25.7 Å². The summed E-state index contributed by atoms with van der Waals surface area (Å²) in [6.07, 6.45) is 4.97. The fourth-order valence-electron chi connectivity index (χ4n) is 2.16. The van der Waals surface area contributed by atoms with Gasteiger partial charge < -0.3 is 5.32 Å². The van der Waals surface area contributed by atoms with Crippen LogP contribution in [0.3, 0.4) is 0 Å². The van der Waals surface area contributed by atoms with Gasteiger partial charge in [0.05, 0.1) is 12.2 Å². The fourth-order valence-corrected chi connectivity index (χ4v) is 2.16. The monoisotopic (exact) mass is 293 g/mol. The van der Waals surface area contributed by atoms with E-state index in [4.69, 9.17) is 0 Å². The van der Waals surface area contributed by atoms with Gasteiger partial charge in [0, 0.05) is 12.4 Å². The molecule has 110 valence electrons. The first kappa shape index (κ1) is 13.9. The maximum atomic E-state index is 11.9. The topological polar surface area (TPSA) is 83.6 Å². The van der Waals surface area contributed by atoms with E-state index < -0.39 is 0 Å². The molecule has 2 heterocycles. The molecule has 0 aliphatic carbocycles. The number of pyridine rings is 1. The number of amides is 1. The first-order valence-electron chi connectivity index (χ1n) is 6.91. The predicted octanol–water partition coefficient (Wildman–Crippen LogP) is 2.36. The molecule has 1 aromatic carbocycles. The van der Waals surface area contributed by atoms with Crippen LogP contribution in [0.15, 0.2) is 55.0 Å². The highest BCUT2D eigenvalue weighted by Gasteiger charge is 2.13. The third-order valence-corrected chi connectivity index (χ3v) is 3.40. The molecule has 6 nitrogen and oxygen atoms in total. The molecule has 0 saturated heterocycles. The number of aromatic nitrogens is 4. The molecule has 0 spiro atoms. The van der Waals surface area contributed by atoms with Crippen LogP contribution >= 0.6 is 0 Å². The number of H-pyrrole nitrogens is 1. The summed E-state index contributed by atoms with van der Waals surface area (Å²) < 4.78 is 0. The molecule has 0 fully saturated rings. The summed E-state index contributed by atoms with van der Waals surface area (Å²) in [6.45, 7) is 1.93. The van der Waals surface area contributed by atoms with Gasteiger partial charge in [0.25, 0.3) is 5.91 Å². The minimum atomic E-state index is -0.252. The highest BCUT2D eigenvalue weighted by molar-refractivity contribution is 5.92. The van der Waals surface area contributed by atoms with Gasteiger partial charge in [0.1, 0.15) is 0 Å². The molecule has 0 radical (unpaired) electrons. The summed E-state index contributed by atoms with van der Waals surface area (Å²) in [6, 6.07) is 11.8. The summed E-state index contributed by atoms with van der Waals surface area (Å²) >= 11 is 0. The molecule has 2 N–H and O–H groups in total. The number of rotatable bonds is 4. The van der Waals surface area contributed by atoms with Gasteiger partial charge in [-0.2, -0.15) is 15.4 Å². The van der Waals surface area contributed by atoms with E-state index in [1.54, 1.807) is 6.20 Å². The molecular formula is C16H15N5O. The molecule has 1 amide bonds. The van der Waals surface area contributed by atoms with Crippen molar-refractivity contribution in [3.63, 3.8) is 0 Å². The summed E-state index contributed by atoms with van der Waals surface area (Å²) in [7, 11) is 0. The lowest BCUT2D eigenvalue weighted by atomic mass is 10.0. The lowest BCUT2D eigenvalue weighted by molar-refractivity contribution is 0.0935. The van der Waals surface area contributed by atoms with Gasteiger partial charge in [-0.05, 0) is 29.7 Å². The highest BCUT2D eigenvalue weighted by atomic mass is 16.2. The number of carbonyl (C=O) groups excluding carboxylic acids is 1. The summed E-state index contributed by atoms with van der Waals surface area (Å²) in [4.78, 5) is 16.0. The number of hydrogen-bond donors (Lipinski definition) is 2. The molecular weight excluding hydrogens is 278 g/mol. The van der Waals surface area contributed by atoms with Crippen molar-refractivity contribution in [1.29, 1.82) is 0 Å². The van der Waals surface area contributed by atoms with Crippen molar-refractivity contribution in [2.45, 2.75) is 13.0 Å². The highest BCUT2D eigenvalue weighted by Crippen LogP contribution is 2.21. The number of benzene rings is 1. The Morgan fingerprint density at radius 2 is 1.95 bits per heavy atom. The Bertz CT molecular complexity index is 738. The SMILES string of the molecule is CC(NC(=O)c1cn[nH]n1)c1ccc(-c2cccnc2)cc1. The molecule has 0 bridgehead atoms. The zero-order valence-corrected chi connectivity index (χ0v) is 12.0. The van der Waals surface area contributed by atoms with E-state index in [1.165, 1.54) is 6.20 Å². The molecule has 2 aromatic heterocycles. The smallest absolute Gasteiger partial charge is 0.273 e. The van der Waals surface area contributed by atoms with Crippen LogP contribution in [0.5, 0.6) is 0 Å². The largest absolute Gasteiger partial charge is 0.344 e. The number of carbonyl (C=O) groups is 1. The van der Waals surface area contributed by atoms with Crippen LogP contribution in [-0.4, -0.2) is 26.3 Å². The van der Waals surface area contributed by atoms with E-state index in [0.717, 1.165) is 16.7 Å². The molecule has 1 unspecified atom stereocenters. The van der Waals surface area contributed by atoms with Crippen LogP contribution in [0.1, 0.15) is 29.0 Å². The van der Waals surface area contributed by atoms with Crippen molar-refractivity contribution >= 4 is 5.91 Å². The van der Waals surface area contributed by atoms with Crippen molar-refractivity contribution < 1.29 is 4.79 Å². The van der Waals surface area contributed by atoms with Crippen LogP contribution in [0.25, 0.3) is 11.1 Å². The second-order valence-electron chi connectivity index (χ2n) is 4.91. The lowest BCUT2D eigenvalue weighted by Crippen LogP contribution is -2.26. The molecule has 0 aliphatic heterocycles.